The van der Waals surface area contributed by atoms with Crippen molar-refractivity contribution in [3.05, 3.63) is 82.1 Å². The van der Waals surface area contributed by atoms with Gasteiger partial charge in [0.05, 0.1) is 6.54 Å². The predicted octanol–water partition coefficient (Wildman–Crippen LogP) is 3.53. The average molecular weight is 411 g/mol. The minimum Gasteiger partial charge on any atom is -0.369 e. The second-order valence-corrected chi connectivity index (χ2v) is 7.98. The van der Waals surface area contributed by atoms with Crippen molar-refractivity contribution in [1.82, 2.24) is 15.2 Å². The number of anilines is 1. The minimum absolute atomic E-state index is 0.231. The van der Waals surface area contributed by atoms with E-state index >= 15 is 0 Å². The van der Waals surface area contributed by atoms with E-state index in [1.165, 1.54) is 29.2 Å². The van der Waals surface area contributed by atoms with Gasteiger partial charge in [0.2, 0.25) is 0 Å². The fraction of sp³-hybridized carbons (Fsp3) is 0.273. The van der Waals surface area contributed by atoms with Crippen molar-refractivity contribution < 1.29 is 9.18 Å². The monoisotopic (exact) mass is 410 g/mol. The first-order valence-corrected chi connectivity index (χ1v) is 10.5. The molecule has 4 rings (SSSR count). The Morgan fingerprint density at radius 3 is 2.62 bits per heavy atom. The van der Waals surface area contributed by atoms with Gasteiger partial charge in [-0.1, -0.05) is 30.3 Å². The zero-order chi connectivity index (χ0) is 20.1. The molecule has 2 aromatic carbocycles. The number of halogens is 1. The van der Waals surface area contributed by atoms with Crippen LogP contribution in [0.15, 0.2) is 60.0 Å². The molecule has 0 spiro atoms. The van der Waals surface area contributed by atoms with Gasteiger partial charge in [0.15, 0.2) is 0 Å². The van der Waals surface area contributed by atoms with E-state index < -0.39 is 0 Å². The van der Waals surface area contributed by atoms with Crippen LogP contribution in [-0.2, 0) is 13.1 Å². The molecule has 1 aliphatic rings. The van der Waals surface area contributed by atoms with Crippen LogP contribution in [0.1, 0.15) is 21.1 Å². The van der Waals surface area contributed by atoms with Crippen LogP contribution in [0.25, 0.3) is 0 Å². The molecular weight excluding hydrogens is 387 g/mol. The van der Waals surface area contributed by atoms with Crippen LogP contribution in [0.2, 0.25) is 0 Å². The molecule has 0 unspecified atom stereocenters. The molecule has 2 heterocycles. The number of thiazole rings is 1. The summed E-state index contributed by atoms with van der Waals surface area (Å²) in [6.45, 7) is 4.94. The van der Waals surface area contributed by atoms with E-state index in [4.69, 9.17) is 0 Å². The van der Waals surface area contributed by atoms with Gasteiger partial charge >= 0.3 is 0 Å². The first kappa shape index (κ1) is 19.5. The Kier molecular flexibility index (Phi) is 6.17. The molecule has 0 atom stereocenters. The van der Waals surface area contributed by atoms with E-state index in [1.54, 1.807) is 17.5 Å². The number of amides is 1. The summed E-state index contributed by atoms with van der Waals surface area (Å²) >= 11 is 1.51. The summed E-state index contributed by atoms with van der Waals surface area (Å²) in [6.07, 6.45) is 0. The largest absolute Gasteiger partial charge is 0.369 e. The topological polar surface area (TPSA) is 48.5 Å². The zero-order valence-electron chi connectivity index (χ0n) is 16.1. The number of hydrogen-bond acceptors (Lipinski definition) is 5. The molecule has 1 amide bonds. The third kappa shape index (κ3) is 5.19. The molecule has 29 heavy (non-hydrogen) atoms. The lowest BCUT2D eigenvalue weighted by atomic mass is 10.2. The highest BCUT2D eigenvalue weighted by atomic mass is 32.1. The Morgan fingerprint density at radius 1 is 1.07 bits per heavy atom. The number of hydrogen-bond donors (Lipinski definition) is 1. The third-order valence-corrected chi connectivity index (χ3v) is 5.81. The Labute approximate surface area is 173 Å². The number of rotatable bonds is 6. The van der Waals surface area contributed by atoms with Crippen molar-refractivity contribution in [1.29, 1.82) is 0 Å². The molecule has 150 valence electrons. The van der Waals surface area contributed by atoms with Crippen molar-refractivity contribution in [2.24, 2.45) is 0 Å². The fourth-order valence-electron chi connectivity index (χ4n) is 3.40. The van der Waals surface area contributed by atoms with Crippen LogP contribution >= 0.6 is 11.3 Å². The highest BCUT2D eigenvalue weighted by Crippen LogP contribution is 2.18. The van der Waals surface area contributed by atoms with E-state index in [-0.39, 0.29) is 18.3 Å². The lowest BCUT2D eigenvalue weighted by Crippen LogP contribution is -2.45. The van der Waals surface area contributed by atoms with Crippen LogP contribution in [0.3, 0.4) is 0 Å². The maximum Gasteiger partial charge on any atom is 0.271 e. The van der Waals surface area contributed by atoms with Crippen molar-refractivity contribution in [2.75, 3.05) is 31.1 Å². The summed E-state index contributed by atoms with van der Waals surface area (Å²) in [4.78, 5) is 21.6. The Balaban J connectivity index is 1.26. The first-order valence-electron chi connectivity index (χ1n) is 9.67. The molecule has 1 fully saturated rings. The SMILES string of the molecule is O=C(NCc1cccc(F)c1)c1csc(CN2CCN(c3ccccc3)CC2)n1. The number of nitrogens with one attached hydrogen (secondary N) is 1. The van der Waals surface area contributed by atoms with Crippen molar-refractivity contribution >= 4 is 22.9 Å². The zero-order valence-corrected chi connectivity index (χ0v) is 16.9. The summed E-state index contributed by atoms with van der Waals surface area (Å²) in [5.74, 6) is -0.536. The van der Waals surface area contributed by atoms with E-state index in [2.05, 4.69) is 44.4 Å². The lowest BCUT2D eigenvalue weighted by molar-refractivity contribution is 0.0946. The van der Waals surface area contributed by atoms with Crippen molar-refractivity contribution in [3.8, 4) is 0 Å². The Morgan fingerprint density at radius 2 is 1.86 bits per heavy atom. The molecule has 1 N–H and O–H groups in total. The highest BCUT2D eigenvalue weighted by molar-refractivity contribution is 7.09. The van der Waals surface area contributed by atoms with Gasteiger partial charge in [-0.15, -0.1) is 11.3 Å². The third-order valence-electron chi connectivity index (χ3n) is 4.98. The van der Waals surface area contributed by atoms with Gasteiger partial charge in [0.1, 0.15) is 16.5 Å². The summed E-state index contributed by atoms with van der Waals surface area (Å²) in [6, 6.07) is 16.7. The fourth-order valence-corrected chi connectivity index (χ4v) is 4.22. The molecule has 5 nitrogen and oxygen atoms in total. The van der Waals surface area contributed by atoms with E-state index in [0.29, 0.717) is 5.69 Å². The summed E-state index contributed by atoms with van der Waals surface area (Å²) in [5, 5.41) is 5.53. The van der Waals surface area contributed by atoms with Gasteiger partial charge < -0.3 is 10.2 Å². The van der Waals surface area contributed by atoms with Gasteiger partial charge in [-0.05, 0) is 29.8 Å². The molecule has 0 saturated carbocycles. The maximum atomic E-state index is 13.2. The standard InChI is InChI=1S/C22H23FN4OS/c23-18-6-4-5-17(13-18)14-24-22(28)20-16-29-21(25-20)15-26-9-11-27(12-10-26)19-7-2-1-3-8-19/h1-8,13,16H,9-12,14-15H2,(H,24,28). The van der Waals surface area contributed by atoms with Gasteiger partial charge in [-0.2, -0.15) is 0 Å². The molecule has 1 saturated heterocycles. The molecule has 3 aromatic rings. The van der Waals surface area contributed by atoms with Crippen LogP contribution in [-0.4, -0.2) is 42.0 Å². The molecule has 7 heteroatoms. The molecule has 0 radical (unpaired) electrons. The summed E-state index contributed by atoms with van der Waals surface area (Å²) < 4.78 is 13.2. The van der Waals surface area contributed by atoms with Crippen molar-refractivity contribution in [3.63, 3.8) is 0 Å². The predicted molar refractivity (Wildman–Crippen MR) is 114 cm³/mol. The van der Waals surface area contributed by atoms with Crippen molar-refractivity contribution in [2.45, 2.75) is 13.1 Å². The van der Waals surface area contributed by atoms with Gasteiger partial charge in [0.25, 0.3) is 5.91 Å². The number of para-hydroxylation sites is 1. The van der Waals surface area contributed by atoms with Crippen LogP contribution < -0.4 is 10.2 Å². The summed E-state index contributed by atoms with van der Waals surface area (Å²) in [5.41, 5.74) is 2.41. The molecular formula is C22H23FN4OS. The van der Waals surface area contributed by atoms with Gasteiger partial charge in [-0.25, -0.2) is 9.37 Å². The molecule has 1 aromatic heterocycles. The summed E-state index contributed by atoms with van der Waals surface area (Å²) in [7, 11) is 0. The number of piperazine rings is 1. The maximum absolute atomic E-state index is 13.2. The molecule has 1 aliphatic heterocycles. The van der Waals surface area contributed by atoms with Crippen LogP contribution in [0.4, 0.5) is 10.1 Å². The number of nitrogens with zero attached hydrogens (tertiary/aromatic N) is 3. The Bertz CT molecular complexity index is 954. The van der Waals surface area contributed by atoms with E-state index in [1.807, 2.05) is 6.07 Å². The smallest absolute Gasteiger partial charge is 0.271 e. The molecule has 0 bridgehead atoms. The van der Waals surface area contributed by atoms with E-state index in [0.717, 1.165) is 43.3 Å². The highest BCUT2D eigenvalue weighted by Gasteiger charge is 2.19. The lowest BCUT2D eigenvalue weighted by Gasteiger charge is -2.35. The average Bonchev–Trinajstić information content (AvgIpc) is 3.22. The normalized spacial score (nSPS) is 14.7. The second kappa shape index (κ2) is 9.15. The van der Waals surface area contributed by atoms with E-state index in [9.17, 15) is 9.18 Å². The van der Waals surface area contributed by atoms with Crippen LogP contribution in [0.5, 0.6) is 0 Å². The minimum atomic E-state index is -0.306. The van der Waals surface area contributed by atoms with Gasteiger partial charge in [0, 0.05) is 43.8 Å². The quantitative estimate of drug-likeness (QED) is 0.675. The number of carbonyl (C=O) groups excluding carboxylic acids is 1. The molecule has 0 aliphatic carbocycles. The number of benzene rings is 2. The second-order valence-electron chi connectivity index (χ2n) is 7.04. The van der Waals surface area contributed by atoms with Crippen LogP contribution in [0, 0.1) is 5.82 Å². The first-order chi connectivity index (χ1) is 14.2. The Hall–Kier alpha value is -2.77. The number of aromatic nitrogens is 1. The number of carbonyl (C=O) groups is 1. The van der Waals surface area contributed by atoms with Gasteiger partial charge in [-0.3, -0.25) is 9.69 Å².